The number of rotatable bonds is 6. The maximum atomic E-state index is 12.6. The molecule has 0 saturated carbocycles. The van der Waals surface area contributed by atoms with Gasteiger partial charge in [-0.05, 0) is 55.2 Å². The number of carbonyl (C=O) groups is 3. The van der Waals surface area contributed by atoms with Gasteiger partial charge in [-0.2, -0.15) is 0 Å². The lowest BCUT2D eigenvalue weighted by Crippen LogP contribution is -2.36. The number of aromatic nitrogens is 1. The molecule has 0 atom stereocenters. The van der Waals surface area contributed by atoms with Crippen molar-refractivity contribution in [1.29, 1.82) is 0 Å². The largest absolute Gasteiger partial charge is 0.462 e. The van der Waals surface area contributed by atoms with E-state index in [9.17, 15) is 14.4 Å². The number of fused-ring (bicyclic) bond motifs is 1. The van der Waals surface area contributed by atoms with Crippen molar-refractivity contribution in [2.45, 2.75) is 33.4 Å². The van der Waals surface area contributed by atoms with Gasteiger partial charge in [-0.25, -0.2) is 9.59 Å². The van der Waals surface area contributed by atoms with Crippen LogP contribution in [0.2, 0.25) is 0 Å². The number of nitrogens with zero attached hydrogens (tertiary/aromatic N) is 2. The van der Waals surface area contributed by atoms with E-state index in [1.54, 1.807) is 17.9 Å². The van der Waals surface area contributed by atoms with Crippen molar-refractivity contribution < 1.29 is 23.9 Å². The van der Waals surface area contributed by atoms with Crippen LogP contribution in [-0.4, -0.2) is 41.0 Å². The lowest BCUT2D eigenvalue weighted by molar-refractivity contribution is 0.0525. The summed E-state index contributed by atoms with van der Waals surface area (Å²) in [6.07, 6.45) is 1.09. The molecule has 34 heavy (non-hydrogen) atoms. The average molecular weight is 461 g/mol. The van der Waals surface area contributed by atoms with Crippen molar-refractivity contribution in [2.24, 2.45) is 7.05 Å². The summed E-state index contributed by atoms with van der Waals surface area (Å²) in [5.41, 5.74) is 6.23. The van der Waals surface area contributed by atoms with E-state index < -0.39 is 0 Å². The van der Waals surface area contributed by atoms with E-state index in [1.807, 2.05) is 61.0 Å². The Labute approximate surface area is 198 Å². The minimum Gasteiger partial charge on any atom is -0.462 e. The Morgan fingerprint density at radius 1 is 1.06 bits per heavy atom. The zero-order valence-corrected chi connectivity index (χ0v) is 19.7. The third-order valence-electron chi connectivity index (χ3n) is 6.28. The van der Waals surface area contributed by atoms with Gasteiger partial charge in [-0.1, -0.05) is 30.3 Å². The highest BCUT2D eigenvalue weighted by Gasteiger charge is 2.25. The molecule has 3 aromatic rings. The van der Waals surface area contributed by atoms with Crippen LogP contribution in [0.3, 0.4) is 0 Å². The van der Waals surface area contributed by atoms with Gasteiger partial charge in [0.1, 0.15) is 6.61 Å². The summed E-state index contributed by atoms with van der Waals surface area (Å²) in [5, 5.41) is 0. The molecule has 0 saturated heterocycles. The normalized spacial score (nSPS) is 12.7. The monoisotopic (exact) mass is 460 g/mol. The van der Waals surface area contributed by atoms with E-state index in [4.69, 9.17) is 9.47 Å². The number of amides is 1. The summed E-state index contributed by atoms with van der Waals surface area (Å²) < 4.78 is 12.5. The molecule has 2 heterocycles. The Bertz CT molecular complexity index is 1230. The van der Waals surface area contributed by atoms with Crippen LogP contribution in [0.25, 0.3) is 11.3 Å². The van der Waals surface area contributed by atoms with E-state index >= 15 is 0 Å². The number of esters is 1. The fourth-order valence-corrected chi connectivity index (χ4v) is 4.29. The standard InChI is InChI=1S/C27H28N2O5/c1-4-33-26(31)23-14-25(28(3)18(23)2)24-13-20-10-11-29(15-21(20)12-22(24)16-30)27(32)34-17-19-8-6-5-7-9-19/h5-9,12-14,16H,4,10-11,15,17H2,1-3H3. The second-order valence-corrected chi connectivity index (χ2v) is 8.35. The van der Waals surface area contributed by atoms with Gasteiger partial charge in [0.05, 0.1) is 12.2 Å². The van der Waals surface area contributed by atoms with Crippen LogP contribution < -0.4 is 0 Å². The summed E-state index contributed by atoms with van der Waals surface area (Å²) in [6, 6.07) is 15.2. The molecule has 7 heteroatoms. The summed E-state index contributed by atoms with van der Waals surface area (Å²) in [6.45, 7) is 5.05. The molecule has 2 aromatic carbocycles. The Hall–Kier alpha value is -3.87. The van der Waals surface area contributed by atoms with E-state index in [-0.39, 0.29) is 18.7 Å². The summed E-state index contributed by atoms with van der Waals surface area (Å²) in [7, 11) is 1.87. The van der Waals surface area contributed by atoms with Crippen molar-refractivity contribution in [3.8, 4) is 11.3 Å². The van der Waals surface area contributed by atoms with Gasteiger partial charge >= 0.3 is 12.1 Å². The fourth-order valence-electron chi connectivity index (χ4n) is 4.29. The van der Waals surface area contributed by atoms with Crippen LogP contribution in [0, 0.1) is 6.92 Å². The molecule has 0 radical (unpaired) electrons. The predicted molar refractivity (Wildman–Crippen MR) is 128 cm³/mol. The highest BCUT2D eigenvalue weighted by molar-refractivity contribution is 5.95. The summed E-state index contributed by atoms with van der Waals surface area (Å²) in [5.74, 6) is -0.378. The average Bonchev–Trinajstić information content (AvgIpc) is 3.16. The van der Waals surface area contributed by atoms with Crippen molar-refractivity contribution in [2.75, 3.05) is 13.2 Å². The van der Waals surface area contributed by atoms with Crippen LogP contribution >= 0.6 is 0 Å². The van der Waals surface area contributed by atoms with Gasteiger partial charge in [0, 0.05) is 42.7 Å². The minimum atomic E-state index is -0.378. The summed E-state index contributed by atoms with van der Waals surface area (Å²) >= 11 is 0. The van der Waals surface area contributed by atoms with Gasteiger partial charge in [0.15, 0.2) is 6.29 Å². The maximum Gasteiger partial charge on any atom is 0.410 e. The van der Waals surface area contributed by atoms with E-state index in [0.717, 1.165) is 39.9 Å². The number of benzene rings is 2. The van der Waals surface area contributed by atoms with Crippen LogP contribution in [0.4, 0.5) is 4.79 Å². The van der Waals surface area contributed by atoms with Gasteiger partial charge < -0.3 is 18.9 Å². The molecule has 1 aliphatic rings. The Kier molecular flexibility index (Phi) is 6.82. The molecule has 1 aromatic heterocycles. The molecule has 0 spiro atoms. The SMILES string of the molecule is CCOC(=O)c1cc(-c2cc3c(cc2C=O)CN(C(=O)OCc2ccccc2)CC3)n(C)c1C. The number of hydrogen-bond donors (Lipinski definition) is 0. The van der Waals surface area contributed by atoms with E-state index in [0.29, 0.717) is 37.2 Å². The Morgan fingerprint density at radius 2 is 1.82 bits per heavy atom. The topological polar surface area (TPSA) is 77.8 Å². The van der Waals surface area contributed by atoms with Crippen LogP contribution in [0.15, 0.2) is 48.5 Å². The van der Waals surface area contributed by atoms with Gasteiger partial charge in [0.25, 0.3) is 0 Å². The second kappa shape index (κ2) is 9.95. The van der Waals surface area contributed by atoms with Gasteiger partial charge in [0.2, 0.25) is 0 Å². The lowest BCUT2D eigenvalue weighted by Gasteiger charge is -2.29. The second-order valence-electron chi connectivity index (χ2n) is 8.35. The third kappa shape index (κ3) is 4.59. The van der Waals surface area contributed by atoms with E-state index in [1.165, 1.54) is 0 Å². The zero-order chi connectivity index (χ0) is 24.2. The first-order valence-corrected chi connectivity index (χ1v) is 11.3. The maximum absolute atomic E-state index is 12.6. The minimum absolute atomic E-state index is 0.219. The van der Waals surface area contributed by atoms with Crippen LogP contribution in [0.5, 0.6) is 0 Å². The van der Waals surface area contributed by atoms with E-state index in [2.05, 4.69) is 0 Å². The Balaban J connectivity index is 1.57. The quantitative estimate of drug-likeness (QED) is 0.394. The predicted octanol–water partition coefficient (Wildman–Crippen LogP) is 4.68. The third-order valence-corrected chi connectivity index (χ3v) is 6.28. The highest BCUT2D eigenvalue weighted by Crippen LogP contribution is 2.32. The first-order chi connectivity index (χ1) is 16.4. The highest BCUT2D eigenvalue weighted by atomic mass is 16.6. The molecule has 0 fully saturated rings. The molecule has 1 aliphatic heterocycles. The van der Waals surface area contributed by atoms with Crippen molar-refractivity contribution in [3.05, 3.63) is 82.0 Å². The summed E-state index contributed by atoms with van der Waals surface area (Å²) in [4.78, 5) is 38.6. The van der Waals surface area contributed by atoms with Crippen molar-refractivity contribution in [1.82, 2.24) is 9.47 Å². The molecule has 0 bridgehead atoms. The number of aldehydes is 1. The number of ether oxygens (including phenoxy) is 2. The van der Waals surface area contributed by atoms with Gasteiger partial charge in [-0.3, -0.25) is 4.79 Å². The molecule has 7 nitrogen and oxygen atoms in total. The molecule has 4 rings (SSSR count). The van der Waals surface area contributed by atoms with Crippen LogP contribution in [0.1, 0.15) is 50.0 Å². The molecular weight excluding hydrogens is 432 g/mol. The van der Waals surface area contributed by atoms with Crippen LogP contribution in [-0.2, 0) is 36.1 Å². The molecule has 0 unspecified atom stereocenters. The lowest BCUT2D eigenvalue weighted by atomic mass is 9.92. The van der Waals surface area contributed by atoms with Gasteiger partial charge in [-0.15, -0.1) is 0 Å². The first-order valence-electron chi connectivity index (χ1n) is 11.3. The first kappa shape index (κ1) is 23.3. The molecule has 0 N–H and O–H groups in total. The molecule has 1 amide bonds. The number of carbonyl (C=O) groups excluding carboxylic acids is 3. The van der Waals surface area contributed by atoms with Crippen molar-refractivity contribution in [3.63, 3.8) is 0 Å². The Morgan fingerprint density at radius 3 is 2.53 bits per heavy atom. The molecule has 176 valence electrons. The van der Waals surface area contributed by atoms with Crippen molar-refractivity contribution >= 4 is 18.3 Å². The smallest absolute Gasteiger partial charge is 0.410 e. The number of hydrogen-bond acceptors (Lipinski definition) is 5. The zero-order valence-electron chi connectivity index (χ0n) is 19.7. The molecule has 0 aliphatic carbocycles. The molecular formula is C27H28N2O5. The fraction of sp³-hybridized carbons (Fsp3) is 0.296.